The van der Waals surface area contributed by atoms with Gasteiger partial charge in [-0.25, -0.2) is 4.98 Å². The molecule has 1 aromatic carbocycles. The maximum absolute atomic E-state index is 5.84. The summed E-state index contributed by atoms with van der Waals surface area (Å²) in [5.74, 6) is 1.20. The summed E-state index contributed by atoms with van der Waals surface area (Å²) in [6.07, 6.45) is 3.75. The van der Waals surface area contributed by atoms with Crippen LogP contribution in [0.25, 0.3) is 11.0 Å². The second kappa shape index (κ2) is 4.86. The molecule has 2 heterocycles. The molecule has 1 unspecified atom stereocenters. The molecule has 0 amide bonds. The minimum atomic E-state index is 0.263. The number of rotatable bonds is 3. The Bertz CT molecular complexity index is 624. The summed E-state index contributed by atoms with van der Waals surface area (Å²) in [4.78, 5) is 4.88. The molecule has 20 heavy (non-hydrogen) atoms. The van der Waals surface area contributed by atoms with Crippen LogP contribution < -0.4 is 5.32 Å². The van der Waals surface area contributed by atoms with Crippen LogP contribution in [0.4, 0.5) is 0 Å². The largest absolute Gasteiger partial charge is 0.375 e. The zero-order valence-electron chi connectivity index (χ0n) is 11.9. The molecule has 0 spiro atoms. The van der Waals surface area contributed by atoms with Gasteiger partial charge in [-0.05, 0) is 37.5 Å². The highest BCUT2D eigenvalue weighted by Gasteiger charge is 2.29. The van der Waals surface area contributed by atoms with Gasteiger partial charge in [-0.2, -0.15) is 0 Å². The van der Waals surface area contributed by atoms with E-state index in [4.69, 9.17) is 9.72 Å². The lowest BCUT2D eigenvalue weighted by molar-refractivity contribution is 0.0276. The SMILES string of the molecule is Cc1ccc2c(c1)nc(CC1CNCCO1)n2C1CC1. The van der Waals surface area contributed by atoms with Gasteiger partial charge >= 0.3 is 0 Å². The van der Waals surface area contributed by atoms with Gasteiger partial charge in [-0.1, -0.05) is 6.07 Å². The molecule has 4 rings (SSSR count). The Labute approximate surface area is 119 Å². The van der Waals surface area contributed by atoms with Crippen molar-refractivity contribution < 1.29 is 4.74 Å². The smallest absolute Gasteiger partial charge is 0.112 e. The fraction of sp³-hybridized carbons (Fsp3) is 0.562. The maximum atomic E-state index is 5.84. The van der Waals surface area contributed by atoms with Crippen molar-refractivity contribution in [3.63, 3.8) is 0 Å². The van der Waals surface area contributed by atoms with Gasteiger partial charge < -0.3 is 14.6 Å². The van der Waals surface area contributed by atoms with E-state index < -0.39 is 0 Å². The van der Waals surface area contributed by atoms with Gasteiger partial charge in [0.05, 0.1) is 23.7 Å². The van der Waals surface area contributed by atoms with Crippen LogP contribution in [0.3, 0.4) is 0 Å². The predicted octanol–water partition coefficient (Wildman–Crippen LogP) is 2.21. The second-order valence-corrected chi connectivity index (χ2v) is 6.02. The molecule has 0 bridgehead atoms. The Hall–Kier alpha value is -1.39. The van der Waals surface area contributed by atoms with E-state index in [1.54, 1.807) is 0 Å². The first kappa shape index (κ1) is 12.4. The van der Waals surface area contributed by atoms with E-state index in [1.807, 2.05) is 0 Å². The van der Waals surface area contributed by atoms with Crippen LogP contribution in [-0.2, 0) is 11.2 Å². The molecule has 1 aliphatic carbocycles. The van der Waals surface area contributed by atoms with Gasteiger partial charge in [-0.3, -0.25) is 0 Å². The molecule has 1 N–H and O–H groups in total. The maximum Gasteiger partial charge on any atom is 0.112 e. The van der Waals surface area contributed by atoms with Gasteiger partial charge in [-0.15, -0.1) is 0 Å². The molecule has 1 saturated heterocycles. The Morgan fingerprint density at radius 3 is 3.05 bits per heavy atom. The van der Waals surface area contributed by atoms with Crippen molar-refractivity contribution in [3.8, 4) is 0 Å². The average Bonchev–Trinajstić information content (AvgIpc) is 3.22. The number of aryl methyl sites for hydroxylation is 1. The molecule has 2 aliphatic rings. The lowest BCUT2D eigenvalue weighted by atomic mass is 10.2. The summed E-state index contributed by atoms with van der Waals surface area (Å²) in [6, 6.07) is 7.26. The summed E-state index contributed by atoms with van der Waals surface area (Å²) >= 11 is 0. The van der Waals surface area contributed by atoms with E-state index >= 15 is 0 Å². The van der Waals surface area contributed by atoms with Crippen LogP contribution in [0.1, 0.15) is 30.3 Å². The summed E-state index contributed by atoms with van der Waals surface area (Å²) in [5.41, 5.74) is 3.70. The van der Waals surface area contributed by atoms with Crippen LogP contribution in [0.5, 0.6) is 0 Å². The quantitative estimate of drug-likeness (QED) is 0.930. The van der Waals surface area contributed by atoms with E-state index in [9.17, 15) is 0 Å². The highest BCUT2D eigenvalue weighted by atomic mass is 16.5. The third-order valence-corrected chi connectivity index (χ3v) is 4.24. The predicted molar refractivity (Wildman–Crippen MR) is 79.1 cm³/mol. The molecular formula is C16H21N3O. The minimum Gasteiger partial charge on any atom is -0.375 e. The minimum absolute atomic E-state index is 0.263. The Balaban J connectivity index is 1.71. The molecule has 106 valence electrons. The van der Waals surface area contributed by atoms with Crippen molar-refractivity contribution in [2.45, 2.75) is 38.3 Å². The van der Waals surface area contributed by atoms with Crippen molar-refractivity contribution in [2.24, 2.45) is 0 Å². The Morgan fingerprint density at radius 1 is 1.40 bits per heavy atom. The van der Waals surface area contributed by atoms with Crippen molar-refractivity contribution in [2.75, 3.05) is 19.7 Å². The molecule has 1 aliphatic heterocycles. The lowest BCUT2D eigenvalue weighted by Gasteiger charge is -2.23. The monoisotopic (exact) mass is 271 g/mol. The molecule has 0 radical (unpaired) electrons. The highest BCUT2D eigenvalue weighted by molar-refractivity contribution is 5.77. The fourth-order valence-corrected chi connectivity index (χ4v) is 3.10. The van der Waals surface area contributed by atoms with Crippen LogP contribution >= 0.6 is 0 Å². The van der Waals surface area contributed by atoms with Gasteiger partial charge in [0.15, 0.2) is 0 Å². The number of hydrogen-bond acceptors (Lipinski definition) is 3. The first-order valence-corrected chi connectivity index (χ1v) is 7.61. The molecular weight excluding hydrogens is 250 g/mol. The number of imidazole rings is 1. The number of nitrogens with zero attached hydrogens (tertiary/aromatic N) is 2. The van der Waals surface area contributed by atoms with Gasteiger partial charge in [0, 0.05) is 25.6 Å². The number of ether oxygens (including phenoxy) is 1. The number of nitrogens with one attached hydrogen (secondary N) is 1. The number of aromatic nitrogens is 2. The van der Waals surface area contributed by atoms with Crippen molar-refractivity contribution in [1.82, 2.24) is 14.9 Å². The number of hydrogen-bond donors (Lipinski definition) is 1. The van der Waals surface area contributed by atoms with E-state index in [2.05, 4.69) is 35.0 Å². The van der Waals surface area contributed by atoms with Crippen molar-refractivity contribution >= 4 is 11.0 Å². The average molecular weight is 271 g/mol. The number of morpholine rings is 1. The fourth-order valence-electron chi connectivity index (χ4n) is 3.10. The molecule has 4 heteroatoms. The number of fused-ring (bicyclic) bond motifs is 1. The first-order valence-electron chi connectivity index (χ1n) is 7.61. The molecule has 2 fully saturated rings. The van der Waals surface area contributed by atoms with Crippen LogP contribution in [0, 0.1) is 6.92 Å². The Kier molecular flexibility index (Phi) is 3.00. The topological polar surface area (TPSA) is 39.1 Å². The zero-order valence-corrected chi connectivity index (χ0v) is 11.9. The van der Waals surface area contributed by atoms with Gasteiger partial charge in [0.1, 0.15) is 5.82 Å². The van der Waals surface area contributed by atoms with Gasteiger partial charge in [0.2, 0.25) is 0 Å². The third kappa shape index (κ3) is 2.23. The van der Waals surface area contributed by atoms with E-state index in [-0.39, 0.29) is 6.10 Å². The number of benzene rings is 1. The molecule has 1 atom stereocenters. The summed E-state index contributed by atoms with van der Waals surface area (Å²) in [5, 5.41) is 3.40. The molecule has 1 aromatic heterocycles. The van der Waals surface area contributed by atoms with Crippen LogP contribution in [-0.4, -0.2) is 35.4 Å². The Morgan fingerprint density at radius 2 is 2.30 bits per heavy atom. The highest BCUT2D eigenvalue weighted by Crippen LogP contribution is 2.39. The van der Waals surface area contributed by atoms with E-state index in [0.29, 0.717) is 6.04 Å². The molecule has 4 nitrogen and oxygen atoms in total. The van der Waals surface area contributed by atoms with Crippen LogP contribution in [0.15, 0.2) is 18.2 Å². The van der Waals surface area contributed by atoms with E-state index in [0.717, 1.165) is 31.6 Å². The van der Waals surface area contributed by atoms with Crippen LogP contribution in [0.2, 0.25) is 0 Å². The van der Waals surface area contributed by atoms with Crippen molar-refractivity contribution in [3.05, 3.63) is 29.6 Å². The first-order chi connectivity index (χ1) is 9.81. The summed E-state index contributed by atoms with van der Waals surface area (Å²) in [7, 11) is 0. The standard InChI is InChI=1S/C16H21N3O/c1-11-2-5-15-14(8-11)18-16(19(15)12-3-4-12)9-13-10-17-6-7-20-13/h2,5,8,12-13,17H,3-4,6-7,9-10H2,1H3. The summed E-state index contributed by atoms with van der Waals surface area (Å²) in [6.45, 7) is 4.85. The second-order valence-electron chi connectivity index (χ2n) is 6.02. The van der Waals surface area contributed by atoms with Crippen molar-refractivity contribution in [1.29, 1.82) is 0 Å². The third-order valence-electron chi connectivity index (χ3n) is 4.24. The normalized spacial score (nSPS) is 23.4. The molecule has 2 aromatic rings. The van der Waals surface area contributed by atoms with Gasteiger partial charge in [0.25, 0.3) is 0 Å². The zero-order chi connectivity index (χ0) is 13.5. The lowest BCUT2D eigenvalue weighted by Crippen LogP contribution is -2.40. The summed E-state index contributed by atoms with van der Waals surface area (Å²) < 4.78 is 8.29. The van der Waals surface area contributed by atoms with E-state index in [1.165, 1.54) is 29.7 Å². The molecule has 1 saturated carbocycles.